The van der Waals surface area contributed by atoms with Gasteiger partial charge in [-0.2, -0.15) is 0 Å². The Morgan fingerprint density at radius 1 is 1.04 bits per heavy atom. The molecule has 2 aromatic rings. The molecule has 0 saturated carbocycles. The molecule has 0 aromatic heterocycles. The number of nitrogens with one attached hydrogen (secondary N) is 1. The highest BCUT2D eigenvalue weighted by Gasteiger charge is 2.16. The quantitative estimate of drug-likeness (QED) is 0.745. The molecule has 0 aliphatic carbocycles. The fourth-order valence-electron chi connectivity index (χ4n) is 2.60. The standard InChI is InChI=1S/C19H20ClNO6/c1-10-5-12(6-11(2)18(10)27-9-17(22)23)19(24)21-14-8-15(25-3)13(20)7-16(14)26-4/h5-8H,9H2,1-4H3,(H,21,24)(H,22,23). The van der Waals surface area contributed by atoms with E-state index in [9.17, 15) is 9.59 Å². The molecule has 1 amide bonds. The van der Waals surface area contributed by atoms with E-state index >= 15 is 0 Å². The molecule has 144 valence electrons. The van der Waals surface area contributed by atoms with Gasteiger partial charge in [-0.25, -0.2) is 4.79 Å². The fraction of sp³-hybridized carbons (Fsp3) is 0.263. The number of aryl methyl sites for hydroxylation is 2. The van der Waals surface area contributed by atoms with E-state index in [0.29, 0.717) is 44.6 Å². The molecule has 0 unspecified atom stereocenters. The number of carbonyl (C=O) groups is 2. The van der Waals surface area contributed by atoms with Crippen molar-refractivity contribution in [2.45, 2.75) is 13.8 Å². The Labute approximate surface area is 161 Å². The maximum Gasteiger partial charge on any atom is 0.341 e. The van der Waals surface area contributed by atoms with Crippen LogP contribution in [0.2, 0.25) is 5.02 Å². The summed E-state index contributed by atoms with van der Waals surface area (Å²) in [6, 6.07) is 6.37. The van der Waals surface area contributed by atoms with Crippen LogP contribution in [0.4, 0.5) is 5.69 Å². The summed E-state index contributed by atoms with van der Waals surface area (Å²) < 4.78 is 15.7. The van der Waals surface area contributed by atoms with Gasteiger partial charge >= 0.3 is 5.97 Å². The van der Waals surface area contributed by atoms with Gasteiger partial charge in [-0.15, -0.1) is 0 Å². The number of amides is 1. The van der Waals surface area contributed by atoms with E-state index in [1.165, 1.54) is 14.2 Å². The van der Waals surface area contributed by atoms with Gasteiger partial charge in [0, 0.05) is 17.7 Å². The molecule has 7 nitrogen and oxygen atoms in total. The summed E-state index contributed by atoms with van der Waals surface area (Å²) in [6.07, 6.45) is 0. The minimum absolute atomic E-state index is 0.360. The lowest BCUT2D eigenvalue weighted by Gasteiger charge is -2.15. The maximum absolute atomic E-state index is 12.7. The van der Waals surface area contributed by atoms with Gasteiger partial charge < -0.3 is 24.6 Å². The van der Waals surface area contributed by atoms with Gasteiger partial charge in [-0.05, 0) is 37.1 Å². The molecule has 0 aliphatic heterocycles. The number of hydrogen-bond acceptors (Lipinski definition) is 5. The maximum atomic E-state index is 12.7. The van der Waals surface area contributed by atoms with Crippen LogP contribution < -0.4 is 19.5 Å². The SMILES string of the molecule is COc1cc(NC(=O)c2cc(C)c(OCC(=O)O)c(C)c2)c(OC)cc1Cl. The zero-order valence-electron chi connectivity index (χ0n) is 15.4. The third-order valence-corrected chi connectivity index (χ3v) is 4.08. The van der Waals surface area contributed by atoms with E-state index in [-0.39, 0.29) is 5.91 Å². The topological polar surface area (TPSA) is 94.1 Å². The van der Waals surface area contributed by atoms with Crippen LogP contribution in [0.25, 0.3) is 0 Å². The van der Waals surface area contributed by atoms with Crippen LogP contribution in [0.5, 0.6) is 17.2 Å². The average Bonchev–Trinajstić information content (AvgIpc) is 2.61. The Kier molecular flexibility index (Phi) is 6.52. The molecule has 0 heterocycles. The number of carboxylic acid groups (broad SMARTS) is 1. The monoisotopic (exact) mass is 393 g/mol. The Hall–Kier alpha value is -2.93. The van der Waals surface area contributed by atoms with Crippen molar-refractivity contribution < 1.29 is 28.9 Å². The van der Waals surface area contributed by atoms with Crippen LogP contribution >= 0.6 is 11.6 Å². The number of hydrogen-bond donors (Lipinski definition) is 2. The van der Waals surface area contributed by atoms with E-state index in [1.807, 2.05) is 0 Å². The van der Waals surface area contributed by atoms with E-state index < -0.39 is 12.6 Å². The van der Waals surface area contributed by atoms with Gasteiger partial charge in [-0.1, -0.05) is 11.6 Å². The summed E-state index contributed by atoms with van der Waals surface area (Å²) in [5.41, 5.74) is 2.11. The third-order valence-electron chi connectivity index (χ3n) is 3.78. The summed E-state index contributed by atoms with van der Waals surface area (Å²) in [5, 5.41) is 11.9. The smallest absolute Gasteiger partial charge is 0.341 e. The number of rotatable bonds is 7. The van der Waals surface area contributed by atoms with Crippen molar-refractivity contribution in [3.63, 3.8) is 0 Å². The number of anilines is 1. The van der Waals surface area contributed by atoms with Crippen molar-refractivity contribution in [1.29, 1.82) is 0 Å². The summed E-state index contributed by atoms with van der Waals surface area (Å²) in [6.45, 7) is 3.04. The van der Waals surface area contributed by atoms with Crippen molar-refractivity contribution in [3.8, 4) is 17.2 Å². The minimum atomic E-state index is -1.07. The zero-order chi connectivity index (χ0) is 20.1. The van der Waals surface area contributed by atoms with E-state index in [1.54, 1.807) is 38.1 Å². The number of carboxylic acids is 1. The third kappa shape index (κ3) is 4.83. The lowest BCUT2D eigenvalue weighted by molar-refractivity contribution is -0.139. The highest BCUT2D eigenvalue weighted by molar-refractivity contribution is 6.32. The van der Waals surface area contributed by atoms with Gasteiger partial charge in [0.25, 0.3) is 5.91 Å². The van der Waals surface area contributed by atoms with Crippen molar-refractivity contribution in [3.05, 3.63) is 46.0 Å². The van der Waals surface area contributed by atoms with Crippen molar-refractivity contribution >= 4 is 29.2 Å². The molecule has 0 aliphatic rings. The minimum Gasteiger partial charge on any atom is -0.495 e. The number of benzene rings is 2. The van der Waals surface area contributed by atoms with Gasteiger partial charge in [-0.3, -0.25) is 4.79 Å². The number of aliphatic carboxylic acids is 1. The first-order valence-corrected chi connectivity index (χ1v) is 8.33. The number of carbonyl (C=O) groups excluding carboxylic acids is 1. The Bertz CT molecular complexity index is 858. The first kappa shape index (κ1) is 20.4. The van der Waals surface area contributed by atoms with Crippen molar-refractivity contribution in [2.24, 2.45) is 0 Å². The zero-order valence-corrected chi connectivity index (χ0v) is 16.1. The fourth-order valence-corrected chi connectivity index (χ4v) is 2.83. The second kappa shape index (κ2) is 8.64. The van der Waals surface area contributed by atoms with E-state index in [2.05, 4.69) is 5.32 Å². The Morgan fingerprint density at radius 2 is 1.63 bits per heavy atom. The van der Waals surface area contributed by atoms with Crippen LogP contribution in [-0.2, 0) is 4.79 Å². The Morgan fingerprint density at radius 3 is 2.15 bits per heavy atom. The summed E-state index contributed by atoms with van der Waals surface area (Å²) in [4.78, 5) is 23.4. The lowest BCUT2D eigenvalue weighted by atomic mass is 10.0. The second-order valence-electron chi connectivity index (χ2n) is 5.76. The molecule has 0 spiro atoms. The highest BCUT2D eigenvalue weighted by atomic mass is 35.5. The molecule has 0 bridgehead atoms. The van der Waals surface area contributed by atoms with Crippen LogP contribution in [0.1, 0.15) is 21.5 Å². The van der Waals surface area contributed by atoms with E-state index in [0.717, 1.165) is 0 Å². The molecule has 2 rings (SSSR count). The van der Waals surface area contributed by atoms with Gasteiger partial charge in [0.2, 0.25) is 0 Å². The molecule has 0 radical (unpaired) electrons. The second-order valence-corrected chi connectivity index (χ2v) is 6.17. The van der Waals surface area contributed by atoms with E-state index in [4.69, 9.17) is 30.9 Å². The molecule has 27 heavy (non-hydrogen) atoms. The average molecular weight is 394 g/mol. The highest BCUT2D eigenvalue weighted by Crippen LogP contribution is 2.36. The lowest BCUT2D eigenvalue weighted by Crippen LogP contribution is -2.15. The molecule has 0 saturated heterocycles. The molecular weight excluding hydrogens is 374 g/mol. The number of methoxy groups -OCH3 is 2. The molecule has 2 N–H and O–H groups in total. The van der Waals surface area contributed by atoms with Gasteiger partial charge in [0.05, 0.1) is 24.9 Å². The molecular formula is C19H20ClNO6. The predicted octanol–water partition coefficient (Wildman–Crippen LogP) is 3.69. The van der Waals surface area contributed by atoms with Crippen molar-refractivity contribution in [2.75, 3.05) is 26.1 Å². The number of halogens is 1. The number of ether oxygens (including phenoxy) is 3. The summed E-state index contributed by atoms with van der Waals surface area (Å²) in [7, 11) is 2.94. The van der Waals surface area contributed by atoms with Gasteiger partial charge in [0.15, 0.2) is 6.61 Å². The predicted molar refractivity (Wildman–Crippen MR) is 102 cm³/mol. The summed E-state index contributed by atoms with van der Waals surface area (Å²) in [5.74, 6) is -0.200. The molecule has 0 fully saturated rings. The normalized spacial score (nSPS) is 10.3. The van der Waals surface area contributed by atoms with Crippen molar-refractivity contribution in [1.82, 2.24) is 0 Å². The summed E-state index contributed by atoms with van der Waals surface area (Å²) >= 11 is 6.07. The first-order valence-electron chi connectivity index (χ1n) is 7.95. The molecule has 2 aromatic carbocycles. The van der Waals surface area contributed by atoms with Crippen LogP contribution in [-0.4, -0.2) is 37.8 Å². The molecule has 0 atom stereocenters. The van der Waals surface area contributed by atoms with Crippen LogP contribution in [0.15, 0.2) is 24.3 Å². The molecule has 8 heteroatoms. The van der Waals surface area contributed by atoms with Gasteiger partial charge in [0.1, 0.15) is 17.2 Å². The van der Waals surface area contributed by atoms with Crippen LogP contribution in [0.3, 0.4) is 0 Å². The Balaban J connectivity index is 2.30. The first-order chi connectivity index (χ1) is 12.8. The largest absolute Gasteiger partial charge is 0.495 e. The van der Waals surface area contributed by atoms with Crippen LogP contribution in [0, 0.1) is 13.8 Å².